The summed E-state index contributed by atoms with van der Waals surface area (Å²) in [6, 6.07) is 17.8. The highest BCUT2D eigenvalue weighted by atomic mass is 16.5. The summed E-state index contributed by atoms with van der Waals surface area (Å²) in [6.07, 6.45) is 1.82. The maximum absolute atomic E-state index is 13.1. The average Bonchev–Trinajstić information content (AvgIpc) is 3.53. The van der Waals surface area contributed by atoms with Crippen molar-refractivity contribution < 1.29 is 28.8 Å². The van der Waals surface area contributed by atoms with Crippen molar-refractivity contribution in [3.8, 4) is 5.75 Å². The maximum Gasteiger partial charge on any atom is 0.326 e. The van der Waals surface area contributed by atoms with Gasteiger partial charge in [0.1, 0.15) is 29.9 Å². The molecule has 2 aromatic carbocycles. The van der Waals surface area contributed by atoms with Gasteiger partial charge >= 0.3 is 5.97 Å². The lowest BCUT2D eigenvalue weighted by atomic mass is 10.1. The highest BCUT2D eigenvalue weighted by molar-refractivity contribution is 5.82. The molecular formula is C27H29N3O6. The van der Waals surface area contributed by atoms with Crippen LogP contribution in [0.5, 0.6) is 5.75 Å². The van der Waals surface area contributed by atoms with Crippen molar-refractivity contribution in [1.82, 2.24) is 15.4 Å². The zero-order valence-corrected chi connectivity index (χ0v) is 20.1. The monoisotopic (exact) mass is 491 g/mol. The van der Waals surface area contributed by atoms with Gasteiger partial charge in [0.15, 0.2) is 0 Å². The van der Waals surface area contributed by atoms with Crippen LogP contribution in [0.25, 0.3) is 0 Å². The van der Waals surface area contributed by atoms with Crippen molar-refractivity contribution in [2.75, 3.05) is 6.54 Å². The Labute approximate surface area is 209 Å². The lowest BCUT2D eigenvalue weighted by Crippen LogP contribution is -2.41. The van der Waals surface area contributed by atoms with E-state index in [0.717, 1.165) is 29.7 Å². The molecule has 0 saturated carbocycles. The number of benzene rings is 2. The fourth-order valence-electron chi connectivity index (χ4n) is 4.32. The molecular weight excluding hydrogens is 462 g/mol. The normalized spacial score (nSPS) is 15.9. The molecule has 1 fully saturated rings. The molecule has 1 saturated heterocycles. The number of amides is 2. The van der Waals surface area contributed by atoms with Gasteiger partial charge < -0.3 is 24.6 Å². The number of likely N-dealkylation sites (tertiary alicyclic amines) is 1. The molecule has 2 amide bonds. The van der Waals surface area contributed by atoms with E-state index in [1.165, 1.54) is 6.92 Å². The number of carboxylic acids is 1. The summed E-state index contributed by atoms with van der Waals surface area (Å²) in [7, 11) is 0. The number of carboxylic acid groups (broad SMARTS) is 1. The molecule has 3 aromatic rings. The third kappa shape index (κ3) is 6.50. The Balaban J connectivity index is 1.34. The summed E-state index contributed by atoms with van der Waals surface area (Å²) < 4.78 is 11.2. The summed E-state index contributed by atoms with van der Waals surface area (Å²) in [5, 5.41) is 15.8. The van der Waals surface area contributed by atoms with Crippen LogP contribution in [-0.2, 0) is 33.8 Å². The van der Waals surface area contributed by atoms with E-state index >= 15 is 0 Å². The van der Waals surface area contributed by atoms with Crippen molar-refractivity contribution in [3.63, 3.8) is 0 Å². The molecule has 1 aliphatic rings. The number of hydrogen-bond acceptors (Lipinski definition) is 6. The van der Waals surface area contributed by atoms with Crippen LogP contribution in [0.1, 0.15) is 48.4 Å². The molecule has 1 aromatic heterocycles. The molecule has 36 heavy (non-hydrogen) atoms. The predicted octanol–water partition coefficient (Wildman–Crippen LogP) is 3.29. The molecule has 2 N–H and O–H groups in total. The lowest BCUT2D eigenvalue weighted by molar-refractivity contribution is -0.141. The van der Waals surface area contributed by atoms with E-state index in [1.807, 2.05) is 54.6 Å². The minimum atomic E-state index is -1.16. The number of nitrogens with one attached hydrogen (secondary N) is 1. The molecule has 9 nitrogen and oxygen atoms in total. The van der Waals surface area contributed by atoms with Crippen molar-refractivity contribution >= 4 is 17.8 Å². The maximum atomic E-state index is 13.1. The minimum absolute atomic E-state index is 0.0123. The Kier molecular flexibility index (Phi) is 7.99. The minimum Gasteiger partial charge on any atom is -0.489 e. The van der Waals surface area contributed by atoms with Crippen LogP contribution in [0.3, 0.4) is 0 Å². The fraction of sp³-hybridized carbons (Fsp3) is 0.333. The number of nitrogens with zero attached hydrogens (tertiary/aromatic N) is 2. The van der Waals surface area contributed by atoms with Crippen molar-refractivity contribution in [2.45, 2.75) is 51.3 Å². The van der Waals surface area contributed by atoms with E-state index in [9.17, 15) is 19.5 Å². The molecule has 188 valence electrons. The van der Waals surface area contributed by atoms with Crippen LogP contribution in [-0.4, -0.2) is 45.5 Å². The van der Waals surface area contributed by atoms with Crippen LogP contribution >= 0.6 is 0 Å². The first-order chi connectivity index (χ1) is 17.4. The molecule has 4 rings (SSSR count). The van der Waals surface area contributed by atoms with Crippen molar-refractivity contribution in [2.24, 2.45) is 0 Å². The van der Waals surface area contributed by atoms with Crippen LogP contribution < -0.4 is 10.1 Å². The van der Waals surface area contributed by atoms with Gasteiger partial charge in [-0.3, -0.25) is 9.59 Å². The number of ether oxygens (including phenoxy) is 1. The Morgan fingerprint density at radius 2 is 1.89 bits per heavy atom. The Bertz CT molecular complexity index is 1190. The second kappa shape index (κ2) is 11.5. The molecule has 0 radical (unpaired) electrons. The first kappa shape index (κ1) is 25.0. The Morgan fingerprint density at radius 1 is 1.14 bits per heavy atom. The van der Waals surface area contributed by atoms with E-state index in [0.29, 0.717) is 24.6 Å². The first-order valence-electron chi connectivity index (χ1n) is 11.9. The van der Waals surface area contributed by atoms with Gasteiger partial charge in [0.2, 0.25) is 11.8 Å². The summed E-state index contributed by atoms with van der Waals surface area (Å²) in [5.74, 6) is -0.524. The topological polar surface area (TPSA) is 122 Å². The Hall–Kier alpha value is -4.14. The second-order valence-corrected chi connectivity index (χ2v) is 8.85. The number of aliphatic carboxylic acids is 1. The lowest BCUT2D eigenvalue weighted by Gasteiger charge is -2.23. The zero-order valence-electron chi connectivity index (χ0n) is 20.1. The summed E-state index contributed by atoms with van der Waals surface area (Å²) in [5.41, 5.74) is 2.56. The highest BCUT2D eigenvalue weighted by Gasteiger charge is 2.32. The zero-order chi connectivity index (χ0) is 25.5. The Morgan fingerprint density at radius 3 is 2.58 bits per heavy atom. The first-order valence-corrected chi connectivity index (χ1v) is 11.9. The third-order valence-corrected chi connectivity index (χ3v) is 6.10. The molecule has 9 heteroatoms. The van der Waals surface area contributed by atoms with Crippen LogP contribution in [0, 0.1) is 0 Å². The largest absolute Gasteiger partial charge is 0.489 e. The van der Waals surface area contributed by atoms with Gasteiger partial charge in [0.25, 0.3) is 0 Å². The van der Waals surface area contributed by atoms with Gasteiger partial charge in [-0.2, -0.15) is 0 Å². The predicted molar refractivity (Wildman–Crippen MR) is 130 cm³/mol. The van der Waals surface area contributed by atoms with E-state index in [4.69, 9.17) is 9.26 Å². The van der Waals surface area contributed by atoms with Crippen LogP contribution in [0.2, 0.25) is 0 Å². The van der Waals surface area contributed by atoms with E-state index < -0.39 is 17.9 Å². The molecule has 2 heterocycles. The molecule has 1 aliphatic heterocycles. The average molecular weight is 492 g/mol. The summed E-state index contributed by atoms with van der Waals surface area (Å²) >= 11 is 0. The highest BCUT2D eigenvalue weighted by Crippen LogP contribution is 2.32. The SMILES string of the molecule is CC(=O)NC(Cc1cc(C2CCCN2C(=O)Cc2ccc(OCc3ccccc3)cc2)no1)C(=O)O. The molecule has 0 aliphatic carbocycles. The van der Waals surface area contributed by atoms with Crippen molar-refractivity contribution in [3.05, 3.63) is 83.2 Å². The standard InChI is InChI=1S/C27H29N3O6/c1-18(31)28-24(27(33)34)16-22-15-23(29-36-22)25-8-5-13-30(25)26(32)14-19-9-11-21(12-10-19)35-17-20-6-3-2-4-7-20/h2-4,6-7,9-12,15,24-25H,5,8,13-14,16-17H2,1H3,(H,28,31)(H,33,34). The molecule has 0 bridgehead atoms. The van der Waals surface area contributed by atoms with Crippen LogP contribution in [0.4, 0.5) is 0 Å². The number of rotatable bonds is 10. The molecule has 0 spiro atoms. The van der Waals surface area contributed by atoms with E-state index in [-0.39, 0.29) is 24.8 Å². The molecule has 2 atom stereocenters. The summed E-state index contributed by atoms with van der Waals surface area (Å²) in [4.78, 5) is 37.6. The second-order valence-electron chi connectivity index (χ2n) is 8.85. The fourth-order valence-corrected chi connectivity index (χ4v) is 4.32. The van der Waals surface area contributed by atoms with Gasteiger partial charge in [0.05, 0.1) is 12.5 Å². The van der Waals surface area contributed by atoms with Gasteiger partial charge in [0, 0.05) is 26.0 Å². The number of aromatic nitrogens is 1. The number of carbonyl (C=O) groups is 3. The van der Waals surface area contributed by atoms with Gasteiger partial charge in [-0.15, -0.1) is 0 Å². The molecule has 2 unspecified atom stereocenters. The number of hydrogen-bond donors (Lipinski definition) is 2. The van der Waals surface area contributed by atoms with Gasteiger partial charge in [-0.1, -0.05) is 47.6 Å². The van der Waals surface area contributed by atoms with E-state index in [1.54, 1.807) is 11.0 Å². The van der Waals surface area contributed by atoms with E-state index in [2.05, 4.69) is 10.5 Å². The van der Waals surface area contributed by atoms with Crippen LogP contribution in [0.15, 0.2) is 65.2 Å². The van der Waals surface area contributed by atoms with Crippen molar-refractivity contribution in [1.29, 1.82) is 0 Å². The van der Waals surface area contributed by atoms with Gasteiger partial charge in [-0.25, -0.2) is 4.79 Å². The smallest absolute Gasteiger partial charge is 0.326 e. The third-order valence-electron chi connectivity index (χ3n) is 6.10. The quantitative estimate of drug-likeness (QED) is 0.446. The summed E-state index contributed by atoms with van der Waals surface area (Å²) in [6.45, 7) is 2.36. The number of carbonyl (C=O) groups excluding carboxylic acids is 2. The van der Waals surface area contributed by atoms with Gasteiger partial charge in [-0.05, 0) is 36.1 Å².